The third-order valence-corrected chi connectivity index (χ3v) is 3.13. The van der Waals surface area contributed by atoms with Gasteiger partial charge < -0.3 is 0 Å². The number of carbonyl (C=O) groups is 3. The summed E-state index contributed by atoms with van der Waals surface area (Å²) in [6, 6.07) is 3.09. The Hall–Kier alpha value is -2.24. The Labute approximate surface area is 115 Å². The second kappa shape index (κ2) is 5.40. The average Bonchev–Trinajstić information content (AvgIpc) is 2.33. The van der Waals surface area contributed by atoms with Crippen molar-refractivity contribution in [2.75, 3.05) is 4.90 Å². The van der Waals surface area contributed by atoms with Crippen molar-refractivity contribution < 1.29 is 18.8 Å². The molecule has 2 rings (SSSR count). The fourth-order valence-electron chi connectivity index (χ4n) is 2.25. The lowest BCUT2D eigenvalue weighted by Gasteiger charge is -2.30. The maximum absolute atomic E-state index is 13.4. The van der Waals surface area contributed by atoms with Gasteiger partial charge in [0.1, 0.15) is 11.7 Å². The maximum Gasteiger partial charge on any atom is 0.335 e. The molecule has 1 aliphatic rings. The quantitative estimate of drug-likeness (QED) is 0.861. The lowest BCUT2D eigenvalue weighted by molar-refractivity contribution is -0.134. The SMILES string of the molecule is CCCC1C(=O)NC(=O)N(c2cc(C)cc(F)c2)C1=O. The summed E-state index contributed by atoms with van der Waals surface area (Å²) in [5.41, 5.74) is 0.725. The molecule has 1 heterocycles. The summed E-state index contributed by atoms with van der Waals surface area (Å²) in [6.45, 7) is 3.50. The molecule has 0 aromatic heterocycles. The van der Waals surface area contributed by atoms with Gasteiger partial charge in [-0.15, -0.1) is 0 Å². The molecule has 4 amide bonds. The number of hydrogen-bond acceptors (Lipinski definition) is 3. The Morgan fingerprint density at radius 2 is 1.95 bits per heavy atom. The molecule has 0 bridgehead atoms. The molecular weight excluding hydrogens is 263 g/mol. The highest BCUT2D eigenvalue weighted by molar-refractivity contribution is 6.27. The third kappa shape index (κ3) is 2.54. The van der Waals surface area contributed by atoms with Gasteiger partial charge in [-0.25, -0.2) is 14.1 Å². The number of nitrogens with one attached hydrogen (secondary N) is 1. The monoisotopic (exact) mass is 278 g/mol. The number of hydrogen-bond donors (Lipinski definition) is 1. The number of aryl methyl sites for hydroxylation is 1. The molecule has 1 fully saturated rings. The number of carbonyl (C=O) groups excluding carboxylic acids is 3. The van der Waals surface area contributed by atoms with Crippen molar-refractivity contribution in [3.8, 4) is 0 Å². The first kappa shape index (κ1) is 14.2. The zero-order valence-electron chi connectivity index (χ0n) is 11.3. The Bertz CT molecular complexity index is 566. The summed E-state index contributed by atoms with van der Waals surface area (Å²) in [4.78, 5) is 36.6. The number of benzene rings is 1. The summed E-state index contributed by atoms with van der Waals surface area (Å²) in [5, 5.41) is 2.14. The van der Waals surface area contributed by atoms with Gasteiger partial charge in [0.2, 0.25) is 11.8 Å². The van der Waals surface area contributed by atoms with Crippen molar-refractivity contribution in [2.24, 2.45) is 5.92 Å². The van der Waals surface area contributed by atoms with E-state index in [0.29, 0.717) is 18.4 Å². The predicted octanol–water partition coefficient (Wildman–Crippen LogP) is 2.13. The van der Waals surface area contributed by atoms with E-state index in [9.17, 15) is 18.8 Å². The molecule has 20 heavy (non-hydrogen) atoms. The van der Waals surface area contributed by atoms with E-state index in [2.05, 4.69) is 5.32 Å². The van der Waals surface area contributed by atoms with Gasteiger partial charge in [0.15, 0.2) is 0 Å². The molecule has 6 heteroatoms. The van der Waals surface area contributed by atoms with Crippen LogP contribution in [0.5, 0.6) is 0 Å². The van der Waals surface area contributed by atoms with E-state index in [1.54, 1.807) is 6.92 Å². The van der Waals surface area contributed by atoms with Crippen LogP contribution in [0, 0.1) is 18.7 Å². The zero-order valence-corrected chi connectivity index (χ0v) is 11.3. The standard InChI is InChI=1S/C14H15FN2O3/c1-3-4-11-12(18)16-14(20)17(13(11)19)10-6-8(2)5-9(15)7-10/h5-7,11H,3-4H2,1-2H3,(H,16,18,20). The van der Waals surface area contributed by atoms with Crippen LogP contribution in [0.25, 0.3) is 0 Å². The van der Waals surface area contributed by atoms with Crippen molar-refractivity contribution in [1.82, 2.24) is 5.32 Å². The largest absolute Gasteiger partial charge is 0.335 e. The Kier molecular flexibility index (Phi) is 3.83. The van der Waals surface area contributed by atoms with Crippen molar-refractivity contribution in [2.45, 2.75) is 26.7 Å². The number of amides is 4. The summed E-state index contributed by atoms with van der Waals surface area (Å²) >= 11 is 0. The lowest BCUT2D eigenvalue weighted by Crippen LogP contribution is -2.58. The van der Waals surface area contributed by atoms with Crippen molar-refractivity contribution in [3.05, 3.63) is 29.6 Å². The van der Waals surface area contributed by atoms with Gasteiger partial charge in [0, 0.05) is 0 Å². The lowest BCUT2D eigenvalue weighted by atomic mass is 9.98. The van der Waals surface area contributed by atoms with Crippen LogP contribution in [0.3, 0.4) is 0 Å². The average molecular weight is 278 g/mol. The Morgan fingerprint density at radius 1 is 1.25 bits per heavy atom. The minimum absolute atomic E-state index is 0.138. The number of imide groups is 2. The Morgan fingerprint density at radius 3 is 2.55 bits per heavy atom. The highest BCUT2D eigenvalue weighted by Crippen LogP contribution is 2.24. The molecular formula is C14H15FN2O3. The second-order valence-corrected chi connectivity index (χ2v) is 4.80. The molecule has 0 aliphatic carbocycles. The van der Waals surface area contributed by atoms with Gasteiger partial charge in [-0.3, -0.25) is 14.9 Å². The van der Waals surface area contributed by atoms with E-state index in [1.807, 2.05) is 6.92 Å². The minimum Gasteiger partial charge on any atom is -0.277 e. The summed E-state index contributed by atoms with van der Waals surface area (Å²) < 4.78 is 13.4. The van der Waals surface area contributed by atoms with Crippen LogP contribution in [0.1, 0.15) is 25.3 Å². The molecule has 1 aromatic rings. The number of nitrogens with zero attached hydrogens (tertiary/aromatic N) is 1. The van der Waals surface area contributed by atoms with Crippen molar-refractivity contribution in [1.29, 1.82) is 0 Å². The molecule has 5 nitrogen and oxygen atoms in total. The first-order chi connectivity index (χ1) is 9.43. The normalized spacial score (nSPS) is 19.2. The van der Waals surface area contributed by atoms with Crippen LogP contribution < -0.4 is 10.2 Å². The first-order valence-corrected chi connectivity index (χ1v) is 6.40. The van der Waals surface area contributed by atoms with Gasteiger partial charge in [0.05, 0.1) is 5.69 Å². The number of urea groups is 1. The van der Waals surface area contributed by atoms with E-state index in [-0.39, 0.29) is 5.69 Å². The fraction of sp³-hybridized carbons (Fsp3) is 0.357. The third-order valence-electron chi connectivity index (χ3n) is 3.13. The highest BCUT2D eigenvalue weighted by atomic mass is 19.1. The zero-order chi connectivity index (χ0) is 14.9. The summed E-state index contributed by atoms with van der Waals surface area (Å²) in [5.74, 6) is -2.64. The van der Waals surface area contributed by atoms with Gasteiger partial charge >= 0.3 is 6.03 Å². The maximum atomic E-state index is 13.4. The van der Waals surface area contributed by atoms with E-state index in [4.69, 9.17) is 0 Å². The molecule has 1 saturated heterocycles. The summed E-state index contributed by atoms with van der Waals surface area (Å²) in [6.07, 6.45) is 0.983. The predicted molar refractivity (Wildman–Crippen MR) is 70.6 cm³/mol. The molecule has 1 unspecified atom stereocenters. The number of barbiturate groups is 1. The van der Waals surface area contributed by atoms with Crippen LogP contribution in [0.15, 0.2) is 18.2 Å². The second-order valence-electron chi connectivity index (χ2n) is 4.80. The molecule has 1 aliphatic heterocycles. The van der Waals surface area contributed by atoms with E-state index < -0.39 is 29.6 Å². The van der Waals surface area contributed by atoms with Gasteiger partial charge in [-0.05, 0) is 37.1 Å². The first-order valence-electron chi connectivity index (χ1n) is 6.40. The van der Waals surface area contributed by atoms with Crippen LogP contribution in [0.4, 0.5) is 14.9 Å². The molecule has 0 saturated carbocycles. The van der Waals surface area contributed by atoms with Crippen LogP contribution >= 0.6 is 0 Å². The molecule has 1 atom stereocenters. The molecule has 0 spiro atoms. The van der Waals surface area contributed by atoms with Gasteiger partial charge in [-0.1, -0.05) is 13.3 Å². The smallest absolute Gasteiger partial charge is 0.277 e. The number of halogens is 1. The molecule has 1 aromatic carbocycles. The van der Waals surface area contributed by atoms with Crippen molar-refractivity contribution in [3.63, 3.8) is 0 Å². The molecule has 106 valence electrons. The minimum atomic E-state index is -0.902. The van der Waals surface area contributed by atoms with E-state index >= 15 is 0 Å². The summed E-state index contributed by atoms with van der Waals surface area (Å²) in [7, 11) is 0. The fourth-order valence-corrected chi connectivity index (χ4v) is 2.25. The van der Waals surface area contributed by atoms with Crippen LogP contribution in [0.2, 0.25) is 0 Å². The topological polar surface area (TPSA) is 66.5 Å². The number of anilines is 1. The molecule has 0 radical (unpaired) electrons. The van der Waals surface area contributed by atoms with Gasteiger partial charge in [-0.2, -0.15) is 0 Å². The highest BCUT2D eigenvalue weighted by Gasteiger charge is 2.40. The molecule has 1 N–H and O–H groups in total. The van der Waals surface area contributed by atoms with Crippen LogP contribution in [-0.4, -0.2) is 17.8 Å². The van der Waals surface area contributed by atoms with Gasteiger partial charge in [0.25, 0.3) is 0 Å². The Balaban J connectivity index is 2.40. The van der Waals surface area contributed by atoms with Crippen LogP contribution in [-0.2, 0) is 9.59 Å². The van der Waals surface area contributed by atoms with E-state index in [0.717, 1.165) is 11.0 Å². The number of rotatable bonds is 3. The van der Waals surface area contributed by atoms with E-state index in [1.165, 1.54) is 12.1 Å². The van der Waals surface area contributed by atoms with Crippen molar-refractivity contribution >= 4 is 23.5 Å².